The molecule has 0 aromatic rings. The molecule has 80 valence electrons. The van der Waals surface area contributed by atoms with E-state index in [1.807, 2.05) is 0 Å². The van der Waals surface area contributed by atoms with Crippen LogP contribution in [0, 0.1) is 5.41 Å². The Hall–Kier alpha value is -0.520. The molecule has 0 spiro atoms. The van der Waals surface area contributed by atoms with Crippen molar-refractivity contribution in [3.05, 3.63) is 16.9 Å². The van der Waals surface area contributed by atoms with Crippen LogP contribution in [0.25, 0.3) is 0 Å². The lowest BCUT2D eigenvalue weighted by atomic mass is 9.85. The van der Waals surface area contributed by atoms with Gasteiger partial charge >= 0.3 is 0 Å². The zero-order valence-corrected chi connectivity index (χ0v) is 9.85. The maximum absolute atomic E-state index is 9.77. The molecule has 1 aliphatic carbocycles. The number of rotatable bonds is 0. The Morgan fingerprint density at radius 2 is 2.00 bits per heavy atom. The van der Waals surface area contributed by atoms with Gasteiger partial charge in [0.05, 0.1) is 6.10 Å². The fourth-order valence-electron chi connectivity index (χ4n) is 1.57. The van der Waals surface area contributed by atoms with E-state index in [1.54, 1.807) is 0 Å². The second-order valence-electron chi connectivity index (χ2n) is 5.29. The first-order valence-corrected chi connectivity index (χ1v) is 5.56. The van der Waals surface area contributed by atoms with Crippen LogP contribution in [0.15, 0.2) is 16.9 Å². The molecule has 1 fully saturated rings. The van der Waals surface area contributed by atoms with Crippen LogP contribution < -0.4 is 0 Å². The van der Waals surface area contributed by atoms with E-state index in [2.05, 4.69) is 33.4 Å². The van der Waals surface area contributed by atoms with Crippen LogP contribution in [0.4, 0.5) is 0 Å². The molecule has 0 radical (unpaired) electrons. The highest BCUT2D eigenvalue weighted by Crippen LogP contribution is 2.27. The molecule has 1 N–H and O–H groups in total. The van der Waals surface area contributed by atoms with Crippen molar-refractivity contribution in [2.45, 2.75) is 59.5 Å². The first kappa shape index (κ1) is 11.6. The van der Waals surface area contributed by atoms with E-state index < -0.39 is 0 Å². The van der Waals surface area contributed by atoms with E-state index in [0.29, 0.717) is 0 Å². The Labute approximate surface area is 87.5 Å². The van der Waals surface area contributed by atoms with E-state index in [1.165, 1.54) is 12.0 Å². The first-order chi connectivity index (χ1) is 6.41. The third-order valence-electron chi connectivity index (χ3n) is 3.05. The number of aliphatic hydroxyl groups is 1. The summed E-state index contributed by atoms with van der Waals surface area (Å²) >= 11 is 0. The van der Waals surface area contributed by atoms with E-state index in [4.69, 9.17) is 0 Å². The molecule has 0 unspecified atom stereocenters. The molecule has 0 aromatic carbocycles. The van der Waals surface area contributed by atoms with Crippen LogP contribution >= 0.6 is 0 Å². The molecule has 1 nitrogen and oxygen atoms in total. The minimum absolute atomic E-state index is 0.171. The van der Waals surface area contributed by atoms with Gasteiger partial charge in [0.1, 0.15) is 0 Å². The van der Waals surface area contributed by atoms with E-state index in [9.17, 15) is 5.11 Å². The summed E-state index contributed by atoms with van der Waals surface area (Å²) < 4.78 is 0. The van der Waals surface area contributed by atoms with Crippen molar-refractivity contribution in [3.8, 4) is 0 Å². The molecule has 1 saturated carbocycles. The Balaban J connectivity index is 2.93. The van der Waals surface area contributed by atoms with Gasteiger partial charge in [-0.3, -0.25) is 0 Å². The monoisotopic (exact) mass is 194 g/mol. The normalized spacial score (nSPS) is 23.2. The van der Waals surface area contributed by atoms with Crippen molar-refractivity contribution in [1.29, 1.82) is 0 Å². The van der Waals surface area contributed by atoms with Crippen LogP contribution in [-0.4, -0.2) is 11.2 Å². The van der Waals surface area contributed by atoms with Crippen molar-refractivity contribution in [3.63, 3.8) is 0 Å². The van der Waals surface area contributed by atoms with E-state index in [0.717, 1.165) is 24.8 Å². The molecule has 1 atom stereocenters. The van der Waals surface area contributed by atoms with Crippen molar-refractivity contribution in [2.75, 3.05) is 0 Å². The molecular weight excluding hydrogens is 172 g/mol. The van der Waals surface area contributed by atoms with E-state index >= 15 is 0 Å². The topological polar surface area (TPSA) is 20.2 Å². The summed E-state index contributed by atoms with van der Waals surface area (Å²) in [6.07, 6.45) is 4.06. The van der Waals surface area contributed by atoms with Crippen LogP contribution in [0.5, 0.6) is 0 Å². The van der Waals surface area contributed by atoms with Gasteiger partial charge in [-0.2, -0.15) is 0 Å². The zero-order chi connectivity index (χ0) is 10.8. The smallest absolute Gasteiger partial charge is 0.0823 e. The summed E-state index contributed by atoms with van der Waals surface area (Å²) in [7, 11) is 0. The third kappa shape index (κ3) is 3.01. The van der Waals surface area contributed by atoms with Gasteiger partial charge in [0, 0.05) is 5.57 Å². The maximum Gasteiger partial charge on any atom is 0.0823 e. The Kier molecular flexibility index (Phi) is 3.58. The van der Waals surface area contributed by atoms with Crippen molar-refractivity contribution in [1.82, 2.24) is 0 Å². The van der Waals surface area contributed by atoms with Crippen LogP contribution in [-0.2, 0) is 0 Å². The van der Waals surface area contributed by atoms with Crippen molar-refractivity contribution >= 4 is 0 Å². The molecule has 0 saturated heterocycles. The molecule has 0 bridgehead atoms. The summed E-state index contributed by atoms with van der Waals surface area (Å²) in [4.78, 5) is 0. The van der Waals surface area contributed by atoms with Gasteiger partial charge in [-0.25, -0.2) is 0 Å². The highest BCUT2D eigenvalue weighted by atomic mass is 16.3. The largest absolute Gasteiger partial charge is 0.388 e. The van der Waals surface area contributed by atoms with Crippen LogP contribution in [0.1, 0.15) is 53.4 Å². The van der Waals surface area contributed by atoms with Gasteiger partial charge in [0.25, 0.3) is 0 Å². The number of hydrogen-bond acceptors (Lipinski definition) is 1. The summed E-state index contributed by atoms with van der Waals surface area (Å²) in [5, 5.41) is 9.77. The second kappa shape index (κ2) is 4.33. The molecular formula is C13H22O. The fraction of sp³-hybridized carbons (Fsp3) is 0.769. The molecule has 1 heteroatoms. The summed E-state index contributed by atoms with van der Waals surface area (Å²) in [5.74, 6) is 0. The average Bonchev–Trinajstić information content (AvgIpc) is 2.07. The molecule has 0 amide bonds. The fourth-order valence-corrected chi connectivity index (χ4v) is 1.57. The second-order valence-corrected chi connectivity index (χ2v) is 5.29. The van der Waals surface area contributed by atoms with Gasteiger partial charge in [0.2, 0.25) is 0 Å². The predicted octanol–water partition coefficient (Wildman–Crippen LogP) is 3.44. The quantitative estimate of drug-likeness (QED) is 0.586. The van der Waals surface area contributed by atoms with E-state index in [-0.39, 0.29) is 11.5 Å². The van der Waals surface area contributed by atoms with Gasteiger partial charge in [0.15, 0.2) is 0 Å². The molecule has 0 heterocycles. The van der Waals surface area contributed by atoms with Crippen LogP contribution in [0.2, 0.25) is 0 Å². The average molecular weight is 194 g/mol. The van der Waals surface area contributed by atoms with Gasteiger partial charge in [-0.15, -0.1) is 5.73 Å². The summed E-state index contributed by atoms with van der Waals surface area (Å²) in [6.45, 7) is 8.66. The predicted molar refractivity (Wildman–Crippen MR) is 60.1 cm³/mol. The molecule has 0 aliphatic heterocycles. The summed E-state index contributed by atoms with van der Waals surface area (Å²) in [5.41, 5.74) is 5.92. The van der Waals surface area contributed by atoms with Gasteiger partial charge in [-0.05, 0) is 37.2 Å². The Bertz CT molecular complexity index is 261. The maximum atomic E-state index is 9.77. The Morgan fingerprint density at radius 3 is 2.50 bits per heavy atom. The standard InChI is InChI=1S/C13H22O/c1-10(13(2,3)4)9-11-7-5-6-8-12(11)14/h12,14H,5-8H2,1-4H3/t9?,12-/m0/s1. The Morgan fingerprint density at radius 1 is 1.36 bits per heavy atom. The number of aliphatic hydroxyl groups excluding tert-OH is 1. The van der Waals surface area contributed by atoms with Gasteiger partial charge in [-0.1, -0.05) is 27.2 Å². The lowest BCUT2D eigenvalue weighted by molar-refractivity contribution is 0.178. The molecule has 1 aliphatic rings. The molecule has 14 heavy (non-hydrogen) atoms. The van der Waals surface area contributed by atoms with Crippen molar-refractivity contribution < 1.29 is 5.11 Å². The number of hydrogen-bond donors (Lipinski definition) is 1. The van der Waals surface area contributed by atoms with Crippen molar-refractivity contribution in [2.24, 2.45) is 5.41 Å². The van der Waals surface area contributed by atoms with Crippen LogP contribution in [0.3, 0.4) is 0 Å². The minimum Gasteiger partial charge on any atom is -0.388 e. The first-order valence-electron chi connectivity index (χ1n) is 5.56. The lowest BCUT2D eigenvalue weighted by Crippen LogP contribution is -2.15. The summed E-state index contributed by atoms with van der Waals surface area (Å²) in [6, 6.07) is 0. The molecule has 1 rings (SSSR count). The minimum atomic E-state index is -0.235. The SMILES string of the molecule is CC(=C=C1CCCC[C@@H]1O)C(C)(C)C. The van der Waals surface area contributed by atoms with Gasteiger partial charge < -0.3 is 5.11 Å². The highest BCUT2D eigenvalue weighted by molar-refractivity contribution is 5.16. The third-order valence-corrected chi connectivity index (χ3v) is 3.05. The zero-order valence-electron chi connectivity index (χ0n) is 9.85. The lowest BCUT2D eigenvalue weighted by Gasteiger charge is -2.21. The highest BCUT2D eigenvalue weighted by Gasteiger charge is 2.17. The molecule has 0 aromatic heterocycles.